The van der Waals surface area contributed by atoms with E-state index in [-0.39, 0.29) is 46.1 Å². The van der Waals surface area contributed by atoms with Gasteiger partial charge in [0.05, 0.1) is 26.1 Å². The standard InChI is InChI=1S/C26H44O5S.C25H41N3O2/c1-17(2)22-8-9-23-21(16-31-32(7,28)29)24(11-13-26(22,23)6)25(5)12-10-18(3)14-20(25)15-30-19(4)27;1-16(2)21-7-8-22-20(14-27-28-26)23(10-12-25(21,22)6)24(5)11-9-17(3)13-19(24)15-30-18(4)29/h18,20-24H,1,8-16H2,2-7H3;17,19-23H,1,7-15H2,2-6H3/t18-,20+,21-,22+,23?,24?,25-,26+;17-,19+,20-,21+,22?,23?,24-,25+/m00/s1. The number of carbonyl (C=O) groups is 2. The van der Waals surface area contributed by atoms with Crippen molar-refractivity contribution >= 4 is 22.1 Å². The SMILES string of the molecule is C=C(C)[C@H]1CCC2[C@H](CN=[N+]=[N-])C([C@@]3(C)CC[C@H](C)C[C@@H]3COC(C)=O)CC[C@@]21C.C=C(C)[C@H]1CCC2[C@H](COS(C)(=O)=O)C([C@@]3(C)CC[C@H](C)C[C@@H]3COC(C)=O)CC[C@@]21C. The van der Waals surface area contributed by atoms with Crippen LogP contribution in [0.15, 0.2) is 29.4 Å². The second-order valence-electron chi connectivity index (χ2n) is 23.0. The lowest BCUT2D eigenvalue weighted by Gasteiger charge is -2.57. The summed E-state index contributed by atoms with van der Waals surface area (Å²) in [5.74, 6) is 5.09. The van der Waals surface area contributed by atoms with Crippen LogP contribution in [0.5, 0.6) is 0 Å². The zero-order valence-corrected chi connectivity index (χ0v) is 41.5. The number of ether oxygens (including phenoxy) is 2. The van der Waals surface area contributed by atoms with E-state index in [1.54, 1.807) is 0 Å². The molecule has 0 saturated heterocycles. The number of nitrogens with zero attached hydrogens (tertiary/aromatic N) is 3. The van der Waals surface area contributed by atoms with E-state index in [1.165, 1.54) is 69.9 Å². The minimum absolute atomic E-state index is 0.0100. The van der Waals surface area contributed by atoms with Gasteiger partial charge in [-0.25, -0.2) is 0 Å². The van der Waals surface area contributed by atoms with Crippen LogP contribution in [0, 0.1) is 92.7 Å². The van der Waals surface area contributed by atoms with Gasteiger partial charge < -0.3 is 9.47 Å². The summed E-state index contributed by atoms with van der Waals surface area (Å²) in [6, 6.07) is 0. The fraction of sp³-hybridized carbons (Fsp3) is 0.882. The van der Waals surface area contributed by atoms with Gasteiger partial charge in [-0.3, -0.25) is 13.8 Å². The van der Waals surface area contributed by atoms with Gasteiger partial charge in [0.25, 0.3) is 10.1 Å². The Morgan fingerprint density at radius 1 is 0.629 bits per heavy atom. The van der Waals surface area contributed by atoms with Crippen LogP contribution in [-0.2, 0) is 33.4 Å². The van der Waals surface area contributed by atoms with Crippen molar-refractivity contribution in [3.63, 3.8) is 0 Å². The van der Waals surface area contributed by atoms with Crippen LogP contribution < -0.4 is 0 Å². The Labute approximate surface area is 376 Å². The summed E-state index contributed by atoms with van der Waals surface area (Å²) in [6.45, 7) is 32.1. The topological polar surface area (TPSA) is 145 Å². The Kier molecular flexibility index (Phi) is 16.4. The molecule has 0 spiro atoms. The van der Waals surface area contributed by atoms with Gasteiger partial charge in [-0.05, 0) is 189 Å². The van der Waals surface area contributed by atoms with E-state index in [9.17, 15) is 18.0 Å². The molecule has 0 N–H and O–H groups in total. The highest BCUT2D eigenvalue weighted by atomic mass is 32.2. The zero-order valence-electron chi connectivity index (χ0n) is 40.7. The maximum atomic E-state index is 12.0. The Bertz CT molecular complexity index is 1800. The Morgan fingerprint density at radius 3 is 1.40 bits per heavy atom. The Balaban J connectivity index is 0.000000235. The molecule has 6 aliphatic rings. The van der Waals surface area contributed by atoms with Crippen molar-refractivity contribution in [1.82, 2.24) is 0 Å². The molecule has 6 fully saturated rings. The Morgan fingerprint density at radius 2 is 1.02 bits per heavy atom. The van der Waals surface area contributed by atoms with Crippen LogP contribution in [0.2, 0.25) is 0 Å². The van der Waals surface area contributed by atoms with Crippen LogP contribution in [0.1, 0.15) is 159 Å². The van der Waals surface area contributed by atoms with Crippen LogP contribution in [0.3, 0.4) is 0 Å². The highest BCUT2D eigenvalue weighted by molar-refractivity contribution is 7.85. The molecule has 0 bridgehead atoms. The zero-order chi connectivity index (χ0) is 46.0. The summed E-state index contributed by atoms with van der Waals surface area (Å²) in [5, 5.41) is 4.12. The molecule has 6 rings (SSSR count). The van der Waals surface area contributed by atoms with Crippen molar-refractivity contribution in [3.8, 4) is 0 Å². The van der Waals surface area contributed by atoms with Gasteiger partial charge in [0.1, 0.15) is 0 Å². The van der Waals surface area contributed by atoms with Crippen molar-refractivity contribution in [2.24, 2.45) is 97.8 Å². The van der Waals surface area contributed by atoms with Crippen molar-refractivity contribution in [1.29, 1.82) is 0 Å². The Hall–Kier alpha value is -2.36. The third-order valence-corrected chi connectivity index (χ3v) is 19.7. The third-order valence-electron chi connectivity index (χ3n) is 19.2. The van der Waals surface area contributed by atoms with E-state index in [0.717, 1.165) is 51.2 Å². The molecule has 11 heteroatoms. The first-order valence-corrected chi connectivity index (χ1v) is 26.2. The average molecular weight is 884 g/mol. The second kappa shape index (κ2) is 20.0. The van der Waals surface area contributed by atoms with Crippen molar-refractivity contribution in [2.75, 3.05) is 32.6 Å². The maximum Gasteiger partial charge on any atom is 0.302 e. The van der Waals surface area contributed by atoms with E-state index in [2.05, 4.69) is 78.6 Å². The van der Waals surface area contributed by atoms with Gasteiger partial charge in [-0.15, -0.1) is 0 Å². The molecule has 0 amide bonds. The van der Waals surface area contributed by atoms with Gasteiger partial charge in [-0.1, -0.05) is 83.8 Å². The normalized spacial score (nSPS) is 42.8. The van der Waals surface area contributed by atoms with Crippen LogP contribution >= 0.6 is 0 Å². The third kappa shape index (κ3) is 10.7. The lowest BCUT2D eigenvalue weighted by atomic mass is 9.48. The molecule has 6 saturated carbocycles. The number of allylic oxidation sites excluding steroid dienone is 2. The summed E-state index contributed by atoms with van der Waals surface area (Å²) < 4.78 is 40.5. The van der Waals surface area contributed by atoms with Gasteiger partial charge >= 0.3 is 11.9 Å². The van der Waals surface area contributed by atoms with E-state index < -0.39 is 10.1 Å². The second-order valence-corrected chi connectivity index (χ2v) is 24.6. The molecule has 6 aliphatic carbocycles. The summed E-state index contributed by atoms with van der Waals surface area (Å²) in [6.07, 6.45) is 17.2. The molecule has 62 heavy (non-hydrogen) atoms. The van der Waals surface area contributed by atoms with Gasteiger partial charge in [0, 0.05) is 25.3 Å². The van der Waals surface area contributed by atoms with Crippen molar-refractivity contribution in [3.05, 3.63) is 34.7 Å². The van der Waals surface area contributed by atoms with E-state index in [1.807, 2.05) is 0 Å². The molecule has 4 unspecified atom stereocenters. The number of fused-ring (bicyclic) bond motifs is 2. The molecule has 0 radical (unpaired) electrons. The van der Waals surface area contributed by atoms with E-state index in [0.29, 0.717) is 84.9 Å². The van der Waals surface area contributed by atoms with E-state index >= 15 is 0 Å². The van der Waals surface area contributed by atoms with Crippen LogP contribution in [0.25, 0.3) is 10.4 Å². The number of rotatable bonds is 13. The molecule has 0 aromatic heterocycles. The first-order chi connectivity index (χ1) is 28.9. The quantitative estimate of drug-likeness (QED) is 0.0447. The number of azide groups is 1. The highest BCUT2D eigenvalue weighted by Crippen LogP contribution is 2.67. The average Bonchev–Trinajstić information content (AvgIpc) is 3.73. The van der Waals surface area contributed by atoms with Crippen LogP contribution in [0.4, 0.5) is 0 Å². The van der Waals surface area contributed by atoms with E-state index in [4.69, 9.17) is 19.2 Å². The molecule has 0 aliphatic heterocycles. The molecular weight excluding hydrogens is 799 g/mol. The molecular formula is C51H85N3O7S. The minimum atomic E-state index is -3.51. The predicted octanol–water partition coefficient (Wildman–Crippen LogP) is 12.5. The summed E-state index contributed by atoms with van der Waals surface area (Å²) in [5.41, 5.74) is 12.2. The maximum absolute atomic E-state index is 12.0. The molecule has 16 atom stereocenters. The lowest BCUT2D eigenvalue weighted by Crippen LogP contribution is -2.52. The fourth-order valence-corrected chi connectivity index (χ4v) is 16.3. The first-order valence-electron chi connectivity index (χ1n) is 24.3. The first kappa shape index (κ1) is 50.6. The van der Waals surface area contributed by atoms with Crippen molar-refractivity contribution < 1.29 is 31.7 Å². The molecule has 10 nitrogen and oxygen atoms in total. The van der Waals surface area contributed by atoms with Gasteiger partial charge in [0.2, 0.25) is 0 Å². The lowest BCUT2D eigenvalue weighted by molar-refractivity contribution is -0.149. The summed E-state index contributed by atoms with van der Waals surface area (Å²) in [4.78, 5) is 26.3. The monoisotopic (exact) mass is 884 g/mol. The number of esters is 2. The van der Waals surface area contributed by atoms with Crippen LogP contribution in [-0.4, -0.2) is 53.0 Å². The smallest absolute Gasteiger partial charge is 0.302 e. The minimum Gasteiger partial charge on any atom is -0.466 e. The predicted molar refractivity (Wildman–Crippen MR) is 248 cm³/mol. The summed E-state index contributed by atoms with van der Waals surface area (Å²) in [7, 11) is -3.51. The van der Waals surface area contributed by atoms with Gasteiger partial charge in [-0.2, -0.15) is 8.42 Å². The highest BCUT2D eigenvalue weighted by Gasteiger charge is 2.60. The number of hydrogen-bond donors (Lipinski definition) is 0. The molecule has 0 aromatic rings. The number of hydrogen-bond acceptors (Lipinski definition) is 8. The number of carbonyl (C=O) groups excluding carboxylic acids is 2. The summed E-state index contributed by atoms with van der Waals surface area (Å²) >= 11 is 0. The van der Waals surface area contributed by atoms with Gasteiger partial charge in [0.15, 0.2) is 0 Å². The fourth-order valence-electron chi connectivity index (χ4n) is 15.8. The molecule has 0 heterocycles. The van der Waals surface area contributed by atoms with Crippen molar-refractivity contribution in [2.45, 2.75) is 159 Å². The largest absolute Gasteiger partial charge is 0.466 e. The molecule has 352 valence electrons. The molecule has 0 aromatic carbocycles.